The number of rotatable bonds is 10. The average molecular weight is 463 g/mol. The molecule has 0 bridgehead atoms. The zero-order valence-corrected chi connectivity index (χ0v) is 17.8. The van der Waals surface area contributed by atoms with Gasteiger partial charge < -0.3 is 15.4 Å². The van der Waals surface area contributed by atoms with Crippen LogP contribution in [0.5, 0.6) is 0 Å². The molecule has 1 aromatic rings. The lowest BCUT2D eigenvalue weighted by Crippen LogP contribution is -2.40. The Morgan fingerprint density at radius 1 is 1.29 bits per heavy atom. The molecule has 1 aliphatic rings. The van der Waals surface area contributed by atoms with Gasteiger partial charge in [-0.05, 0) is 37.3 Å². The number of hydrogen-bond acceptors (Lipinski definition) is 3. The van der Waals surface area contributed by atoms with Gasteiger partial charge in [0.05, 0.1) is 0 Å². The number of aliphatic imine (C=N–C) groups is 1. The summed E-state index contributed by atoms with van der Waals surface area (Å²) in [4.78, 5) is 5.57. The molecule has 24 heavy (non-hydrogen) atoms. The lowest BCUT2D eigenvalue weighted by molar-refractivity contribution is 0.123. The molecule has 0 aliphatic heterocycles. The maximum absolute atomic E-state index is 5.63. The van der Waals surface area contributed by atoms with Gasteiger partial charge in [0, 0.05) is 43.5 Å². The van der Waals surface area contributed by atoms with Gasteiger partial charge in [-0.1, -0.05) is 25.1 Å². The molecule has 1 unspecified atom stereocenters. The van der Waals surface area contributed by atoms with Crippen molar-refractivity contribution < 1.29 is 4.74 Å². The molecule has 1 aromatic carbocycles. The van der Waals surface area contributed by atoms with Crippen molar-refractivity contribution in [1.29, 1.82) is 0 Å². The Morgan fingerprint density at radius 3 is 2.71 bits per heavy atom. The normalized spacial score (nSPS) is 15.5. The molecular formula is C18H30IN3OS. The number of nitrogens with zero attached hydrogens (tertiary/aromatic N) is 1. The van der Waals surface area contributed by atoms with Crippen LogP contribution < -0.4 is 10.6 Å². The van der Waals surface area contributed by atoms with Gasteiger partial charge in [0.2, 0.25) is 0 Å². The molecule has 0 spiro atoms. The first-order valence-corrected chi connectivity index (χ1v) is 9.40. The third-order valence-electron chi connectivity index (χ3n) is 3.67. The summed E-state index contributed by atoms with van der Waals surface area (Å²) < 4.78 is 5.63. The van der Waals surface area contributed by atoms with Crippen molar-refractivity contribution >= 4 is 41.7 Å². The van der Waals surface area contributed by atoms with E-state index in [1.807, 2.05) is 24.9 Å². The highest BCUT2D eigenvalue weighted by Crippen LogP contribution is 2.28. The summed E-state index contributed by atoms with van der Waals surface area (Å²) >= 11 is 1.87. The van der Waals surface area contributed by atoms with Crippen molar-refractivity contribution in [2.24, 2.45) is 10.9 Å². The third kappa shape index (κ3) is 9.74. The average Bonchev–Trinajstić information content (AvgIpc) is 3.38. The van der Waals surface area contributed by atoms with E-state index in [0.29, 0.717) is 5.25 Å². The molecule has 0 saturated heterocycles. The van der Waals surface area contributed by atoms with Gasteiger partial charge >= 0.3 is 0 Å². The summed E-state index contributed by atoms with van der Waals surface area (Å²) in [6, 6.07) is 10.5. The highest BCUT2D eigenvalue weighted by atomic mass is 127. The second kappa shape index (κ2) is 12.8. The smallest absolute Gasteiger partial charge is 0.191 e. The summed E-state index contributed by atoms with van der Waals surface area (Å²) in [5.41, 5.74) is 0. The minimum atomic E-state index is 0. The van der Waals surface area contributed by atoms with Gasteiger partial charge in [-0.15, -0.1) is 35.7 Å². The molecule has 1 aliphatic carbocycles. The van der Waals surface area contributed by atoms with Crippen LogP contribution in [0.1, 0.15) is 26.2 Å². The van der Waals surface area contributed by atoms with Crippen LogP contribution >= 0.6 is 35.7 Å². The number of halogens is 1. The number of nitrogens with one attached hydrogen (secondary N) is 2. The van der Waals surface area contributed by atoms with Gasteiger partial charge in [-0.2, -0.15) is 0 Å². The number of ether oxygens (including phenoxy) is 1. The maximum Gasteiger partial charge on any atom is 0.191 e. The molecule has 0 heterocycles. The van der Waals surface area contributed by atoms with Gasteiger partial charge in [-0.3, -0.25) is 4.99 Å². The van der Waals surface area contributed by atoms with E-state index in [1.165, 1.54) is 17.7 Å². The molecule has 1 fully saturated rings. The summed E-state index contributed by atoms with van der Waals surface area (Å²) in [7, 11) is 1.81. The number of thioether (sulfide) groups is 1. The van der Waals surface area contributed by atoms with E-state index in [2.05, 4.69) is 46.8 Å². The Labute approximate surface area is 167 Å². The molecule has 6 heteroatoms. The molecule has 0 amide bonds. The topological polar surface area (TPSA) is 45.7 Å². The fourth-order valence-corrected chi connectivity index (χ4v) is 3.10. The van der Waals surface area contributed by atoms with Crippen LogP contribution in [-0.4, -0.2) is 44.6 Å². The first-order valence-electron chi connectivity index (χ1n) is 8.52. The van der Waals surface area contributed by atoms with E-state index in [1.54, 1.807) is 0 Å². The lowest BCUT2D eigenvalue weighted by atomic mass is 10.4. The van der Waals surface area contributed by atoms with Gasteiger partial charge in [0.15, 0.2) is 5.96 Å². The molecule has 1 saturated carbocycles. The van der Waals surface area contributed by atoms with Gasteiger partial charge in [0.1, 0.15) is 0 Å². The Bertz CT molecular complexity index is 469. The first-order chi connectivity index (χ1) is 11.3. The zero-order valence-electron chi connectivity index (χ0n) is 14.7. The molecule has 4 nitrogen and oxygen atoms in total. The number of benzene rings is 1. The number of guanidine groups is 1. The highest BCUT2D eigenvalue weighted by Gasteiger charge is 2.20. The minimum Gasteiger partial charge on any atom is -0.381 e. The molecule has 2 rings (SSSR count). The molecule has 0 radical (unpaired) electrons. The highest BCUT2D eigenvalue weighted by molar-refractivity contribution is 14.0. The fourth-order valence-electron chi connectivity index (χ4n) is 2.15. The second-order valence-corrected chi connectivity index (χ2v) is 7.51. The molecular weight excluding hydrogens is 433 g/mol. The minimum absolute atomic E-state index is 0. The van der Waals surface area contributed by atoms with Crippen molar-refractivity contribution in [3.8, 4) is 0 Å². The quantitative estimate of drug-likeness (QED) is 0.182. The summed E-state index contributed by atoms with van der Waals surface area (Å²) in [5.74, 6) is 1.72. The van der Waals surface area contributed by atoms with Crippen molar-refractivity contribution in [3.63, 3.8) is 0 Å². The van der Waals surface area contributed by atoms with Crippen molar-refractivity contribution in [2.75, 3.05) is 33.4 Å². The predicted molar refractivity (Wildman–Crippen MR) is 115 cm³/mol. The van der Waals surface area contributed by atoms with E-state index in [4.69, 9.17) is 4.74 Å². The summed E-state index contributed by atoms with van der Waals surface area (Å²) in [5, 5.41) is 7.21. The molecule has 1 atom stereocenters. The SMILES string of the molecule is CN=C(NCCCOCC1CC1)NCC(C)Sc1ccccc1.I. The van der Waals surface area contributed by atoms with Crippen LogP contribution in [0.2, 0.25) is 0 Å². The van der Waals surface area contributed by atoms with Crippen LogP contribution in [-0.2, 0) is 4.74 Å². The second-order valence-electron chi connectivity index (χ2n) is 5.99. The summed E-state index contributed by atoms with van der Waals surface area (Å²) in [6.45, 7) is 5.79. The third-order valence-corrected chi connectivity index (χ3v) is 4.78. The predicted octanol–water partition coefficient (Wildman–Crippen LogP) is 3.77. The van der Waals surface area contributed by atoms with E-state index < -0.39 is 0 Å². The summed E-state index contributed by atoms with van der Waals surface area (Å²) in [6.07, 6.45) is 3.73. The van der Waals surface area contributed by atoms with Crippen LogP contribution in [0.4, 0.5) is 0 Å². The lowest BCUT2D eigenvalue weighted by Gasteiger charge is -2.16. The monoisotopic (exact) mass is 463 g/mol. The van der Waals surface area contributed by atoms with E-state index >= 15 is 0 Å². The maximum atomic E-state index is 5.63. The van der Waals surface area contributed by atoms with Gasteiger partial charge in [0.25, 0.3) is 0 Å². The van der Waals surface area contributed by atoms with Crippen molar-refractivity contribution in [2.45, 2.75) is 36.3 Å². The Hall–Kier alpha value is -0.470. The van der Waals surface area contributed by atoms with Crippen LogP contribution in [0.3, 0.4) is 0 Å². The van der Waals surface area contributed by atoms with E-state index in [9.17, 15) is 0 Å². The van der Waals surface area contributed by atoms with Crippen LogP contribution in [0.15, 0.2) is 40.2 Å². The first kappa shape index (κ1) is 21.6. The van der Waals surface area contributed by atoms with E-state index in [0.717, 1.165) is 44.6 Å². The van der Waals surface area contributed by atoms with Crippen LogP contribution in [0.25, 0.3) is 0 Å². The fraction of sp³-hybridized carbons (Fsp3) is 0.611. The Morgan fingerprint density at radius 2 is 2.04 bits per heavy atom. The van der Waals surface area contributed by atoms with E-state index in [-0.39, 0.29) is 24.0 Å². The van der Waals surface area contributed by atoms with Crippen molar-refractivity contribution in [1.82, 2.24) is 10.6 Å². The van der Waals surface area contributed by atoms with Crippen molar-refractivity contribution in [3.05, 3.63) is 30.3 Å². The standard InChI is InChI=1S/C18H29N3OS.HI/c1-15(23-17-7-4-3-5-8-17)13-21-18(19-2)20-11-6-12-22-14-16-9-10-16;/h3-5,7-8,15-16H,6,9-14H2,1-2H3,(H2,19,20,21);1H. The molecule has 0 aromatic heterocycles. The largest absolute Gasteiger partial charge is 0.381 e. The molecule has 136 valence electrons. The Balaban J connectivity index is 0.00000288. The molecule has 2 N–H and O–H groups in total. The zero-order chi connectivity index (χ0) is 16.3. The number of hydrogen-bond donors (Lipinski definition) is 2. The Kier molecular flexibility index (Phi) is 11.5. The van der Waals surface area contributed by atoms with Crippen LogP contribution in [0, 0.1) is 5.92 Å². The van der Waals surface area contributed by atoms with Gasteiger partial charge in [-0.25, -0.2) is 0 Å².